The Hall–Kier alpha value is -1.36. The van der Waals surface area contributed by atoms with Gasteiger partial charge in [0.15, 0.2) is 0 Å². The van der Waals surface area contributed by atoms with Gasteiger partial charge in [-0.3, -0.25) is 4.28 Å². The minimum atomic E-state index is -3.80. The maximum Gasteiger partial charge on any atom is 0.358 e. The number of oxime groups is 1. The quantitative estimate of drug-likeness (QED) is 0.602. The molecule has 0 bridgehead atoms. The summed E-state index contributed by atoms with van der Waals surface area (Å²) in [6, 6.07) is 3.61. The molecule has 1 aromatic carbocycles. The van der Waals surface area contributed by atoms with E-state index < -0.39 is 10.1 Å². The van der Waals surface area contributed by atoms with Gasteiger partial charge in [0.05, 0.1) is 0 Å². The van der Waals surface area contributed by atoms with E-state index >= 15 is 0 Å². The Balaban J connectivity index is 3.33. The molecule has 0 aliphatic carbocycles. The summed E-state index contributed by atoms with van der Waals surface area (Å²) in [6.45, 7) is 6.99. The van der Waals surface area contributed by atoms with Gasteiger partial charge in [-0.15, -0.1) is 0 Å². The van der Waals surface area contributed by atoms with Crippen molar-refractivity contribution in [2.45, 2.75) is 32.6 Å². The summed E-state index contributed by atoms with van der Waals surface area (Å²) in [5.74, 6) is 0. The summed E-state index contributed by atoms with van der Waals surface area (Å²) in [5, 5.41) is 3.31. The molecule has 0 unspecified atom stereocenters. The normalized spacial score (nSPS) is 12.0. The van der Waals surface area contributed by atoms with E-state index in [0.717, 1.165) is 5.56 Å². The van der Waals surface area contributed by atoms with Crippen LogP contribution in [0.4, 0.5) is 0 Å². The predicted octanol–water partition coefficient (Wildman–Crippen LogP) is 2.32. The minimum absolute atomic E-state index is 0.198. The fraction of sp³-hybridized carbons (Fsp3) is 0.364. The molecular formula is C11H15NO3S. The van der Waals surface area contributed by atoms with E-state index in [-0.39, 0.29) is 4.90 Å². The molecule has 0 aromatic heterocycles. The van der Waals surface area contributed by atoms with Gasteiger partial charge in [-0.2, -0.15) is 8.42 Å². The first kappa shape index (κ1) is 12.7. The molecule has 0 saturated carbocycles. The van der Waals surface area contributed by atoms with Crippen molar-refractivity contribution >= 4 is 16.3 Å². The molecule has 88 valence electrons. The molecular weight excluding hydrogens is 226 g/mol. The number of benzene rings is 1. The second-order valence-corrected chi connectivity index (χ2v) is 5.09. The van der Waals surface area contributed by atoms with E-state index in [1.165, 1.54) is 6.21 Å². The molecule has 1 aromatic rings. The molecule has 0 aliphatic rings. The van der Waals surface area contributed by atoms with Gasteiger partial charge in [-0.05, 0) is 38.8 Å². The maximum atomic E-state index is 11.8. The Morgan fingerprint density at radius 1 is 1.19 bits per heavy atom. The predicted molar refractivity (Wildman–Crippen MR) is 63.1 cm³/mol. The Bertz CT molecular complexity index is 495. The molecule has 16 heavy (non-hydrogen) atoms. The molecule has 0 N–H and O–H groups in total. The van der Waals surface area contributed by atoms with Gasteiger partial charge in [0, 0.05) is 6.21 Å². The SMILES string of the molecule is C/C=N\OS(=O)(=O)c1c(C)cc(C)cc1C. The second kappa shape index (κ2) is 4.65. The topological polar surface area (TPSA) is 55.7 Å². The summed E-state index contributed by atoms with van der Waals surface area (Å²) in [7, 11) is -3.80. The number of hydrogen-bond donors (Lipinski definition) is 0. The Morgan fingerprint density at radius 2 is 1.69 bits per heavy atom. The van der Waals surface area contributed by atoms with E-state index in [1.54, 1.807) is 32.9 Å². The van der Waals surface area contributed by atoms with E-state index in [9.17, 15) is 8.42 Å². The number of hydrogen-bond acceptors (Lipinski definition) is 4. The van der Waals surface area contributed by atoms with E-state index in [0.29, 0.717) is 11.1 Å². The fourth-order valence-electron chi connectivity index (χ4n) is 1.70. The highest BCUT2D eigenvalue weighted by atomic mass is 32.2. The molecule has 0 aliphatic heterocycles. The van der Waals surface area contributed by atoms with E-state index in [4.69, 9.17) is 0 Å². The average Bonchev–Trinajstić information content (AvgIpc) is 2.12. The first-order chi connectivity index (χ1) is 7.38. The molecule has 0 radical (unpaired) electrons. The van der Waals surface area contributed by atoms with Crippen molar-refractivity contribution in [2.24, 2.45) is 5.16 Å². The lowest BCUT2D eigenvalue weighted by atomic mass is 10.1. The Kier molecular flexibility index (Phi) is 3.70. The van der Waals surface area contributed by atoms with Gasteiger partial charge in [0.2, 0.25) is 0 Å². The number of nitrogens with zero attached hydrogens (tertiary/aromatic N) is 1. The van der Waals surface area contributed by atoms with Crippen LogP contribution in [-0.4, -0.2) is 14.6 Å². The van der Waals surface area contributed by atoms with Gasteiger partial charge in [0.1, 0.15) is 4.90 Å². The zero-order chi connectivity index (χ0) is 12.3. The first-order valence-electron chi connectivity index (χ1n) is 4.88. The highest BCUT2D eigenvalue weighted by molar-refractivity contribution is 7.86. The van der Waals surface area contributed by atoms with Gasteiger partial charge < -0.3 is 0 Å². The van der Waals surface area contributed by atoms with Gasteiger partial charge >= 0.3 is 10.1 Å². The molecule has 0 atom stereocenters. The van der Waals surface area contributed by atoms with Crippen LogP contribution >= 0.6 is 0 Å². The molecule has 0 saturated heterocycles. The van der Waals surface area contributed by atoms with Crippen LogP contribution in [0.15, 0.2) is 22.2 Å². The lowest BCUT2D eigenvalue weighted by Crippen LogP contribution is -2.07. The van der Waals surface area contributed by atoms with Crippen LogP contribution < -0.4 is 0 Å². The van der Waals surface area contributed by atoms with Crippen molar-refractivity contribution < 1.29 is 12.7 Å². The lowest BCUT2D eigenvalue weighted by Gasteiger charge is -2.09. The molecule has 1 rings (SSSR count). The molecule has 5 heteroatoms. The van der Waals surface area contributed by atoms with E-state index in [1.807, 2.05) is 6.92 Å². The lowest BCUT2D eigenvalue weighted by molar-refractivity contribution is 0.340. The zero-order valence-electron chi connectivity index (χ0n) is 9.81. The minimum Gasteiger partial charge on any atom is -0.265 e. The van der Waals surface area contributed by atoms with Crippen molar-refractivity contribution in [2.75, 3.05) is 0 Å². The van der Waals surface area contributed by atoms with E-state index in [2.05, 4.69) is 9.44 Å². The number of rotatable bonds is 3. The largest absolute Gasteiger partial charge is 0.358 e. The third-order valence-electron chi connectivity index (χ3n) is 2.10. The van der Waals surface area contributed by atoms with Crippen molar-refractivity contribution in [3.63, 3.8) is 0 Å². The van der Waals surface area contributed by atoms with Crippen LogP contribution in [0.5, 0.6) is 0 Å². The molecule has 4 nitrogen and oxygen atoms in total. The standard InChI is InChI=1S/C11H15NO3S/c1-5-12-15-16(13,14)11-9(3)6-8(2)7-10(11)4/h5-7H,1-4H3/b12-5-. The van der Waals surface area contributed by atoms with Crippen LogP contribution in [0, 0.1) is 20.8 Å². The Labute approximate surface area is 96.1 Å². The number of aryl methyl sites for hydroxylation is 3. The summed E-state index contributed by atoms with van der Waals surface area (Å²) in [4.78, 5) is 0.198. The Morgan fingerprint density at radius 3 is 2.12 bits per heavy atom. The molecule has 0 heterocycles. The van der Waals surface area contributed by atoms with Crippen LogP contribution in [0.2, 0.25) is 0 Å². The summed E-state index contributed by atoms with van der Waals surface area (Å²) >= 11 is 0. The van der Waals surface area contributed by atoms with Crippen LogP contribution in [-0.2, 0) is 14.4 Å². The fourth-order valence-corrected chi connectivity index (χ4v) is 2.88. The summed E-state index contributed by atoms with van der Waals surface area (Å²) in [6.07, 6.45) is 1.29. The third-order valence-corrected chi connectivity index (χ3v) is 3.53. The molecule has 0 fully saturated rings. The maximum absolute atomic E-state index is 11.8. The van der Waals surface area contributed by atoms with Crippen molar-refractivity contribution in [1.29, 1.82) is 0 Å². The van der Waals surface area contributed by atoms with Gasteiger partial charge in [-0.25, -0.2) is 0 Å². The highest BCUT2D eigenvalue weighted by Gasteiger charge is 2.21. The average molecular weight is 241 g/mol. The summed E-state index contributed by atoms with van der Waals surface area (Å²) < 4.78 is 28.1. The summed E-state index contributed by atoms with van der Waals surface area (Å²) in [5.41, 5.74) is 2.36. The van der Waals surface area contributed by atoms with Crippen LogP contribution in [0.25, 0.3) is 0 Å². The molecule has 0 amide bonds. The van der Waals surface area contributed by atoms with Crippen molar-refractivity contribution in [3.8, 4) is 0 Å². The van der Waals surface area contributed by atoms with Gasteiger partial charge in [0.25, 0.3) is 0 Å². The second-order valence-electron chi connectivity index (χ2n) is 3.62. The monoisotopic (exact) mass is 241 g/mol. The smallest absolute Gasteiger partial charge is 0.265 e. The van der Waals surface area contributed by atoms with Crippen LogP contribution in [0.1, 0.15) is 23.6 Å². The third kappa shape index (κ3) is 2.61. The molecule has 0 spiro atoms. The van der Waals surface area contributed by atoms with Crippen molar-refractivity contribution in [3.05, 3.63) is 28.8 Å². The first-order valence-corrected chi connectivity index (χ1v) is 6.29. The highest BCUT2D eigenvalue weighted by Crippen LogP contribution is 2.23. The van der Waals surface area contributed by atoms with Crippen molar-refractivity contribution in [1.82, 2.24) is 0 Å². The van der Waals surface area contributed by atoms with Gasteiger partial charge in [-0.1, -0.05) is 22.9 Å². The van der Waals surface area contributed by atoms with Crippen LogP contribution in [0.3, 0.4) is 0 Å². The zero-order valence-corrected chi connectivity index (χ0v) is 10.6.